The molecule has 0 aromatic heterocycles. The number of guanidine groups is 2. The molecule has 0 atom stereocenters. The zero-order valence-corrected chi connectivity index (χ0v) is 12.3. The Morgan fingerprint density at radius 3 is 2.11 bits per heavy atom. The van der Waals surface area contributed by atoms with Gasteiger partial charge in [0.15, 0.2) is 5.96 Å². The molecule has 0 saturated heterocycles. The molecular formula is C12H30N6+2. The van der Waals surface area contributed by atoms with Crippen molar-refractivity contribution in [3.8, 4) is 0 Å². The molecule has 18 heavy (non-hydrogen) atoms. The lowest BCUT2D eigenvalue weighted by atomic mass is 10.6. The van der Waals surface area contributed by atoms with E-state index in [-0.39, 0.29) is 0 Å². The van der Waals surface area contributed by atoms with Gasteiger partial charge in [0.2, 0.25) is 0 Å². The van der Waals surface area contributed by atoms with Crippen LogP contribution in [0.3, 0.4) is 0 Å². The minimum atomic E-state index is 0.752. The first-order valence-electron chi connectivity index (χ1n) is 6.98. The summed E-state index contributed by atoms with van der Waals surface area (Å²) >= 11 is 0. The largest absolute Gasteiger partial charge is 0.438 e. The van der Waals surface area contributed by atoms with E-state index in [4.69, 9.17) is 0 Å². The Morgan fingerprint density at radius 2 is 1.61 bits per heavy atom. The lowest BCUT2D eigenvalue weighted by molar-refractivity contribution is -0.615. The zero-order valence-electron chi connectivity index (χ0n) is 12.3. The lowest BCUT2D eigenvalue weighted by Gasteiger charge is -2.08. The standard InChI is InChI=1S/C12H28N6/c1-5-13-11(14-6-2)17-9-10-18-12(15-7-3)16-8-4/h5-10H2,1-4H3,(H2,13,14,17)(H2,15,16,18)/p+2. The summed E-state index contributed by atoms with van der Waals surface area (Å²) in [6.45, 7) is 13.7. The van der Waals surface area contributed by atoms with Crippen LogP contribution in [-0.4, -0.2) is 51.2 Å². The van der Waals surface area contributed by atoms with Gasteiger partial charge < -0.3 is 10.6 Å². The Hall–Kier alpha value is -1.30. The number of quaternary nitrogens is 1. The minimum absolute atomic E-state index is 0.752. The lowest BCUT2D eigenvalue weighted by Crippen LogP contribution is -3.03. The quantitative estimate of drug-likeness (QED) is 0.194. The fourth-order valence-electron chi connectivity index (χ4n) is 1.47. The molecule has 0 heterocycles. The topological polar surface area (TPSA) is 79.0 Å². The maximum atomic E-state index is 4.47. The van der Waals surface area contributed by atoms with Crippen molar-refractivity contribution >= 4 is 11.9 Å². The number of hydrogen-bond acceptors (Lipinski definition) is 1. The first-order chi connectivity index (χ1) is 8.78. The molecule has 0 bridgehead atoms. The molecule has 0 saturated carbocycles. The number of nitrogens with two attached hydrogens (primary N) is 1. The molecule has 0 aliphatic heterocycles. The highest BCUT2D eigenvalue weighted by Crippen LogP contribution is 1.69. The van der Waals surface area contributed by atoms with Crippen LogP contribution >= 0.6 is 0 Å². The fraction of sp³-hybridized carbons (Fsp3) is 0.833. The van der Waals surface area contributed by atoms with Crippen LogP contribution in [0.15, 0.2) is 4.99 Å². The molecule has 6 nitrogen and oxygen atoms in total. The molecule has 0 aromatic carbocycles. The molecule has 0 amide bonds. The van der Waals surface area contributed by atoms with Crippen LogP contribution < -0.4 is 26.3 Å². The number of nitrogens with one attached hydrogen (secondary N) is 4. The van der Waals surface area contributed by atoms with Gasteiger partial charge in [-0.2, -0.15) is 0 Å². The van der Waals surface area contributed by atoms with Gasteiger partial charge in [0.25, 0.3) is 0 Å². The normalized spacial score (nSPS) is 11.0. The summed E-state index contributed by atoms with van der Waals surface area (Å²) in [7, 11) is 0. The van der Waals surface area contributed by atoms with E-state index >= 15 is 0 Å². The van der Waals surface area contributed by atoms with E-state index in [9.17, 15) is 0 Å². The van der Waals surface area contributed by atoms with Crippen molar-refractivity contribution in [2.24, 2.45) is 4.99 Å². The van der Waals surface area contributed by atoms with Crippen molar-refractivity contribution in [2.45, 2.75) is 27.7 Å². The van der Waals surface area contributed by atoms with E-state index in [1.165, 1.54) is 0 Å². The summed E-state index contributed by atoms with van der Waals surface area (Å²) < 4.78 is 0. The molecule has 6 heteroatoms. The van der Waals surface area contributed by atoms with Crippen LogP contribution in [-0.2, 0) is 0 Å². The molecule has 0 radical (unpaired) electrons. The molecule has 106 valence electrons. The Balaban J connectivity index is 4.10. The van der Waals surface area contributed by atoms with Crippen LogP contribution in [0, 0.1) is 0 Å². The molecule has 0 spiro atoms. The third-order valence-electron chi connectivity index (χ3n) is 2.16. The van der Waals surface area contributed by atoms with Crippen LogP contribution in [0.1, 0.15) is 27.7 Å². The van der Waals surface area contributed by atoms with Crippen molar-refractivity contribution in [1.29, 1.82) is 0 Å². The number of aliphatic imine (C=N–C) groups is 1. The number of rotatable bonds is 7. The minimum Gasteiger partial charge on any atom is -0.357 e. The van der Waals surface area contributed by atoms with Crippen LogP contribution in [0.5, 0.6) is 0 Å². The predicted molar refractivity (Wildman–Crippen MR) is 76.6 cm³/mol. The second-order valence-corrected chi connectivity index (χ2v) is 3.77. The van der Waals surface area contributed by atoms with E-state index in [0.29, 0.717) is 0 Å². The van der Waals surface area contributed by atoms with Gasteiger partial charge in [0, 0.05) is 13.1 Å². The van der Waals surface area contributed by atoms with Crippen molar-refractivity contribution in [3.05, 3.63) is 0 Å². The van der Waals surface area contributed by atoms with E-state index in [2.05, 4.69) is 58.9 Å². The van der Waals surface area contributed by atoms with Gasteiger partial charge in [0.05, 0.1) is 19.6 Å². The second-order valence-electron chi connectivity index (χ2n) is 3.77. The third-order valence-corrected chi connectivity index (χ3v) is 2.16. The highest BCUT2D eigenvalue weighted by Gasteiger charge is 2.05. The highest BCUT2D eigenvalue weighted by atomic mass is 15.2. The molecule has 0 rings (SSSR count). The van der Waals surface area contributed by atoms with E-state index in [0.717, 1.165) is 51.2 Å². The van der Waals surface area contributed by atoms with Gasteiger partial charge in [-0.05, 0) is 27.7 Å². The summed E-state index contributed by atoms with van der Waals surface area (Å²) in [4.78, 5) is 7.82. The molecule has 0 aliphatic rings. The molecule has 0 unspecified atom stereocenters. The Labute approximate surface area is 111 Å². The van der Waals surface area contributed by atoms with Gasteiger partial charge in [-0.3, -0.25) is 0 Å². The van der Waals surface area contributed by atoms with Gasteiger partial charge in [-0.1, -0.05) is 0 Å². The first kappa shape index (κ1) is 16.7. The summed E-state index contributed by atoms with van der Waals surface area (Å²) in [5, 5.41) is 11.9. The monoisotopic (exact) mass is 258 g/mol. The Morgan fingerprint density at radius 1 is 1.00 bits per heavy atom. The molecular weight excluding hydrogens is 228 g/mol. The van der Waals surface area contributed by atoms with Crippen LogP contribution in [0.2, 0.25) is 0 Å². The number of hydrogen-bond donors (Lipinski definition) is 5. The summed E-state index contributed by atoms with van der Waals surface area (Å²) in [5.41, 5.74) is 0. The van der Waals surface area contributed by atoms with Crippen molar-refractivity contribution < 1.29 is 10.3 Å². The van der Waals surface area contributed by atoms with Gasteiger partial charge >= 0.3 is 5.96 Å². The van der Waals surface area contributed by atoms with Crippen molar-refractivity contribution in [3.63, 3.8) is 0 Å². The maximum Gasteiger partial charge on any atom is 0.438 e. The second kappa shape index (κ2) is 12.2. The van der Waals surface area contributed by atoms with Crippen LogP contribution in [0.25, 0.3) is 0 Å². The smallest absolute Gasteiger partial charge is 0.357 e. The van der Waals surface area contributed by atoms with E-state index < -0.39 is 0 Å². The average molecular weight is 258 g/mol. The number of nitrogens with zero attached hydrogens (tertiary/aromatic N) is 1. The Kier molecular flexibility index (Phi) is 11.3. The van der Waals surface area contributed by atoms with Crippen LogP contribution in [0.4, 0.5) is 0 Å². The summed E-state index contributed by atoms with van der Waals surface area (Å²) in [6, 6.07) is 0. The van der Waals surface area contributed by atoms with E-state index in [1.807, 2.05) is 0 Å². The SMILES string of the molecule is CCNC(=NCC[NH+]=C(NCC)[NH2+]CC)NCC. The van der Waals surface area contributed by atoms with E-state index in [1.54, 1.807) is 0 Å². The fourth-order valence-corrected chi connectivity index (χ4v) is 1.47. The summed E-state index contributed by atoms with van der Waals surface area (Å²) in [5.74, 6) is 1.98. The average Bonchev–Trinajstić information content (AvgIpc) is 2.35. The highest BCUT2D eigenvalue weighted by molar-refractivity contribution is 5.79. The third kappa shape index (κ3) is 8.81. The van der Waals surface area contributed by atoms with Gasteiger partial charge in [0.1, 0.15) is 6.54 Å². The van der Waals surface area contributed by atoms with Gasteiger partial charge in [-0.25, -0.2) is 20.6 Å². The molecule has 0 aromatic rings. The Bertz CT molecular complexity index is 207. The maximum absolute atomic E-state index is 4.47. The molecule has 0 fully saturated rings. The molecule has 6 N–H and O–H groups in total. The van der Waals surface area contributed by atoms with Crippen molar-refractivity contribution in [1.82, 2.24) is 16.0 Å². The van der Waals surface area contributed by atoms with Gasteiger partial charge in [-0.15, -0.1) is 0 Å². The molecule has 0 aliphatic carbocycles. The zero-order chi connectivity index (χ0) is 13.6. The predicted octanol–water partition coefficient (Wildman–Crippen LogP) is -2.81. The first-order valence-corrected chi connectivity index (χ1v) is 6.98. The summed E-state index contributed by atoms with van der Waals surface area (Å²) in [6.07, 6.45) is 0. The van der Waals surface area contributed by atoms with Crippen molar-refractivity contribution in [2.75, 3.05) is 39.3 Å².